The molecule has 2 aromatic rings. The minimum Gasteiger partial charge on any atom is -0.326 e. The maximum absolute atomic E-state index is 12.5. The number of carbonyl (C=O) groups excluding carboxylic acids is 2. The Hall–Kier alpha value is -2.62. The molecule has 1 N–H and O–H groups in total. The highest BCUT2D eigenvalue weighted by atomic mass is 16.2. The molecule has 1 saturated carbocycles. The predicted molar refractivity (Wildman–Crippen MR) is 91.3 cm³/mol. The van der Waals surface area contributed by atoms with Crippen LogP contribution < -0.4 is 10.2 Å². The van der Waals surface area contributed by atoms with Crippen LogP contribution in [0.4, 0.5) is 11.4 Å². The van der Waals surface area contributed by atoms with Crippen LogP contribution in [0, 0.1) is 18.8 Å². The lowest BCUT2D eigenvalue weighted by molar-refractivity contribution is -0.123. The number of benzene rings is 2. The number of hydrogen-bond donors (Lipinski definition) is 1. The highest BCUT2D eigenvalue weighted by molar-refractivity contribution is 6.04. The minimum atomic E-state index is -0.227. The van der Waals surface area contributed by atoms with Gasteiger partial charge in [0, 0.05) is 18.4 Å². The third-order valence-corrected chi connectivity index (χ3v) is 4.24. The molecular formula is C19H20N2O2. The average Bonchev–Trinajstić information content (AvgIpc) is 3.37. The monoisotopic (exact) mass is 308 g/mol. The van der Waals surface area contributed by atoms with Gasteiger partial charge in [0.15, 0.2) is 0 Å². The van der Waals surface area contributed by atoms with Gasteiger partial charge in [-0.15, -0.1) is 0 Å². The molecule has 0 spiro atoms. The van der Waals surface area contributed by atoms with Crippen LogP contribution in [-0.2, 0) is 9.59 Å². The number of nitrogens with zero attached hydrogens (tertiary/aromatic N) is 1. The van der Waals surface area contributed by atoms with Gasteiger partial charge in [-0.25, -0.2) is 0 Å². The van der Waals surface area contributed by atoms with Crippen LogP contribution in [0.1, 0.15) is 12.0 Å². The standard InChI is InChI=1S/C19H20N2O2/c1-13-8-10-14(11-9-13)20-18(22)16-12-17(16)19(23)21(2)15-6-4-3-5-7-15/h3-11,16-17H,12H2,1-2H3,(H,20,22). The van der Waals surface area contributed by atoms with Crippen LogP contribution in [0.5, 0.6) is 0 Å². The molecule has 2 atom stereocenters. The number of para-hydroxylation sites is 1. The Morgan fingerprint density at radius 3 is 2.30 bits per heavy atom. The molecule has 2 aromatic carbocycles. The van der Waals surface area contributed by atoms with E-state index in [2.05, 4.69) is 5.32 Å². The number of anilines is 2. The number of nitrogens with one attached hydrogen (secondary N) is 1. The first-order valence-corrected chi connectivity index (χ1v) is 7.76. The van der Waals surface area contributed by atoms with Gasteiger partial charge in [-0.1, -0.05) is 35.9 Å². The zero-order chi connectivity index (χ0) is 16.4. The Balaban J connectivity index is 1.59. The van der Waals surface area contributed by atoms with E-state index in [1.54, 1.807) is 11.9 Å². The summed E-state index contributed by atoms with van der Waals surface area (Å²) in [7, 11) is 1.75. The first-order valence-electron chi connectivity index (χ1n) is 7.76. The fourth-order valence-corrected chi connectivity index (χ4v) is 2.66. The van der Waals surface area contributed by atoms with Crippen molar-refractivity contribution in [3.63, 3.8) is 0 Å². The Kier molecular flexibility index (Phi) is 4.15. The van der Waals surface area contributed by atoms with E-state index in [9.17, 15) is 9.59 Å². The van der Waals surface area contributed by atoms with Crippen LogP contribution in [-0.4, -0.2) is 18.9 Å². The van der Waals surface area contributed by atoms with E-state index in [1.165, 1.54) is 0 Å². The van der Waals surface area contributed by atoms with Crippen molar-refractivity contribution in [3.8, 4) is 0 Å². The van der Waals surface area contributed by atoms with Crippen molar-refractivity contribution >= 4 is 23.2 Å². The summed E-state index contributed by atoms with van der Waals surface area (Å²) < 4.78 is 0. The minimum absolute atomic E-state index is 0.000237. The molecule has 4 heteroatoms. The van der Waals surface area contributed by atoms with Gasteiger partial charge < -0.3 is 10.2 Å². The molecule has 118 valence electrons. The lowest BCUT2D eigenvalue weighted by Crippen LogP contribution is -2.29. The first-order chi connectivity index (χ1) is 11.1. The second-order valence-corrected chi connectivity index (χ2v) is 6.04. The normalized spacial score (nSPS) is 19.0. The Bertz CT molecular complexity index is 710. The number of aryl methyl sites for hydroxylation is 1. The van der Waals surface area contributed by atoms with E-state index >= 15 is 0 Å². The van der Waals surface area contributed by atoms with Gasteiger partial charge in [-0.2, -0.15) is 0 Å². The van der Waals surface area contributed by atoms with Crippen molar-refractivity contribution in [1.82, 2.24) is 0 Å². The van der Waals surface area contributed by atoms with Gasteiger partial charge in [-0.3, -0.25) is 9.59 Å². The summed E-state index contributed by atoms with van der Waals surface area (Å²) >= 11 is 0. The Morgan fingerprint density at radius 1 is 1.00 bits per heavy atom. The third-order valence-electron chi connectivity index (χ3n) is 4.24. The van der Waals surface area contributed by atoms with E-state index < -0.39 is 0 Å². The van der Waals surface area contributed by atoms with Crippen molar-refractivity contribution in [3.05, 3.63) is 60.2 Å². The summed E-state index contributed by atoms with van der Waals surface area (Å²) in [5.41, 5.74) is 2.77. The fourth-order valence-electron chi connectivity index (χ4n) is 2.66. The molecule has 1 aliphatic carbocycles. The van der Waals surface area contributed by atoms with E-state index in [0.717, 1.165) is 16.9 Å². The molecule has 0 bridgehead atoms. The molecule has 0 saturated heterocycles. The Morgan fingerprint density at radius 2 is 1.65 bits per heavy atom. The van der Waals surface area contributed by atoms with Gasteiger partial charge in [0.1, 0.15) is 0 Å². The molecule has 1 aliphatic rings. The molecule has 0 aromatic heterocycles. The molecule has 3 rings (SSSR count). The summed E-state index contributed by atoms with van der Waals surface area (Å²) in [5, 5.41) is 2.88. The van der Waals surface area contributed by atoms with Gasteiger partial charge in [0.2, 0.25) is 11.8 Å². The molecule has 0 aliphatic heterocycles. The molecular weight excluding hydrogens is 288 g/mol. The highest BCUT2D eigenvalue weighted by Crippen LogP contribution is 2.41. The van der Waals surface area contributed by atoms with Crippen LogP contribution in [0.15, 0.2) is 54.6 Å². The zero-order valence-electron chi connectivity index (χ0n) is 13.3. The van der Waals surface area contributed by atoms with Crippen LogP contribution in [0.3, 0.4) is 0 Å². The summed E-state index contributed by atoms with van der Waals surface area (Å²) in [5.74, 6) is -0.519. The van der Waals surface area contributed by atoms with Crippen LogP contribution in [0.2, 0.25) is 0 Å². The largest absolute Gasteiger partial charge is 0.326 e. The molecule has 2 unspecified atom stereocenters. The van der Waals surface area contributed by atoms with Crippen molar-refractivity contribution in [2.24, 2.45) is 11.8 Å². The van der Waals surface area contributed by atoms with Gasteiger partial charge in [-0.05, 0) is 37.6 Å². The van der Waals surface area contributed by atoms with Crippen molar-refractivity contribution in [1.29, 1.82) is 0 Å². The lowest BCUT2D eigenvalue weighted by Gasteiger charge is -2.17. The Labute approximate surface area is 136 Å². The maximum Gasteiger partial charge on any atom is 0.230 e. The molecule has 2 amide bonds. The third kappa shape index (κ3) is 3.42. The molecule has 23 heavy (non-hydrogen) atoms. The maximum atomic E-state index is 12.5. The smallest absolute Gasteiger partial charge is 0.230 e. The van der Waals surface area contributed by atoms with Gasteiger partial charge in [0.05, 0.1) is 11.8 Å². The summed E-state index contributed by atoms with van der Waals surface area (Å²) in [6.07, 6.45) is 0.619. The van der Waals surface area contributed by atoms with Crippen molar-refractivity contribution in [2.45, 2.75) is 13.3 Å². The fraction of sp³-hybridized carbons (Fsp3) is 0.263. The lowest BCUT2D eigenvalue weighted by atomic mass is 10.2. The quantitative estimate of drug-likeness (QED) is 0.942. The number of amides is 2. The summed E-state index contributed by atoms with van der Waals surface area (Å²) in [4.78, 5) is 26.3. The average molecular weight is 308 g/mol. The van der Waals surface area contributed by atoms with Crippen molar-refractivity contribution in [2.75, 3.05) is 17.3 Å². The molecule has 0 radical (unpaired) electrons. The number of carbonyl (C=O) groups is 2. The van der Waals surface area contributed by atoms with E-state index in [1.807, 2.05) is 61.5 Å². The SMILES string of the molecule is Cc1ccc(NC(=O)C2CC2C(=O)N(C)c2ccccc2)cc1. The number of rotatable bonds is 4. The van der Waals surface area contributed by atoms with Gasteiger partial charge >= 0.3 is 0 Å². The zero-order valence-corrected chi connectivity index (χ0v) is 13.3. The second-order valence-electron chi connectivity index (χ2n) is 6.04. The highest BCUT2D eigenvalue weighted by Gasteiger charge is 2.49. The summed E-state index contributed by atoms with van der Waals surface area (Å²) in [6, 6.07) is 17.1. The predicted octanol–water partition coefficient (Wildman–Crippen LogP) is 3.23. The molecule has 0 heterocycles. The summed E-state index contributed by atoms with van der Waals surface area (Å²) in [6.45, 7) is 2.00. The first kappa shape index (κ1) is 15.3. The molecule has 1 fully saturated rings. The van der Waals surface area contributed by atoms with Crippen LogP contribution >= 0.6 is 0 Å². The van der Waals surface area contributed by atoms with E-state index in [-0.39, 0.29) is 23.7 Å². The van der Waals surface area contributed by atoms with Crippen molar-refractivity contribution < 1.29 is 9.59 Å². The topological polar surface area (TPSA) is 49.4 Å². The second kappa shape index (κ2) is 6.24. The van der Waals surface area contributed by atoms with E-state index in [4.69, 9.17) is 0 Å². The van der Waals surface area contributed by atoms with E-state index in [0.29, 0.717) is 6.42 Å². The number of hydrogen-bond acceptors (Lipinski definition) is 2. The van der Waals surface area contributed by atoms with Crippen LogP contribution in [0.25, 0.3) is 0 Å². The molecule has 4 nitrogen and oxygen atoms in total. The van der Waals surface area contributed by atoms with Gasteiger partial charge in [0.25, 0.3) is 0 Å².